The first-order valence-electron chi connectivity index (χ1n) is 9.62. The van der Waals surface area contributed by atoms with E-state index in [4.69, 9.17) is 14.5 Å². The molecule has 0 saturated heterocycles. The third-order valence-electron chi connectivity index (χ3n) is 5.33. The highest BCUT2D eigenvalue weighted by atomic mass is 79.9. The average molecular weight is 462 g/mol. The molecule has 0 saturated carbocycles. The summed E-state index contributed by atoms with van der Waals surface area (Å²) < 4.78 is 14.6. The molecule has 5 rings (SSSR count). The van der Waals surface area contributed by atoms with E-state index in [2.05, 4.69) is 56.2 Å². The highest BCUT2D eigenvalue weighted by Gasteiger charge is 2.28. The summed E-state index contributed by atoms with van der Waals surface area (Å²) in [6, 6.07) is 22.2. The third kappa shape index (κ3) is 3.04. The van der Waals surface area contributed by atoms with E-state index >= 15 is 0 Å². The second-order valence-electron chi connectivity index (χ2n) is 7.04. The highest BCUT2D eigenvalue weighted by molar-refractivity contribution is 9.10. The first-order chi connectivity index (χ1) is 14.7. The molecule has 0 spiro atoms. The molecular weight excluding hydrogens is 442 g/mol. The molecule has 1 N–H and O–H groups in total. The quantitative estimate of drug-likeness (QED) is 0.412. The summed E-state index contributed by atoms with van der Waals surface area (Å²) in [6.07, 6.45) is 2.21. The van der Waals surface area contributed by atoms with Crippen molar-refractivity contribution in [2.24, 2.45) is 0 Å². The zero-order chi connectivity index (χ0) is 20.7. The number of nitrogens with zero attached hydrogens (tertiary/aromatic N) is 2. The van der Waals surface area contributed by atoms with E-state index in [9.17, 15) is 0 Å². The van der Waals surface area contributed by atoms with E-state index in [-0.39, 0.29) is 6.04 Å². The van der Waals surface area contributed by atoms with Crippen LogP contribution in [0.15, 0.2) is 77.3 Å². The Labute approximate surface area is 183 Å². The summed E-state index contributed by atoms with van der Waals surface area (Å²) in [5, 5.41) is 3.52. The number of ether oxygens (including phenoxy) is 2. The predicted octanol–water partition coefficient (Wildman–Crippen LogP) is 5.87. The van der Waals surface area contributed by atoms with Crippen LogP contribution in [0, 0.1) is 0 Å². The van der Waals surface area contributed by atoms with Crippen molar-refractivity contribution in [3.8, 4) is 11.5 Å². The van der Waals surface area contributed by atoms with Gasteiger partial charge in [-0.05, 0) is 42.0 Å². The third-order valence-corrected chi connectivity index (χ3v) is 5.83. The average Bonchev–Trinajstić information content (AvgIpc) is 3.16. The van der Waals surface area contributed by atoms with Crippen LogP contribution < -0.4 is 14.8 Å². The standard InChI is InChI=1S/C24H20BrN3O2/c1-29-22-12-6-9-17(23(22)30-2)21-14-19(15-7-5-8-16(25)13-15)27-24-26-18-10-3-4-11-20(18)28(21)24/h3-14,21H,1-2H3,(H,26,27)/t21-/m1/s1. The smallest absolute Gasteiger partial charge is 0.209 e. The number of anilines is 1. The molecule has 1 aromatic heterocycles. The number of methoxy groups -OCH3 is 2. The van der Waals surface area contributed by atoms with Gasteiger partial charge in [-0.2, -0.15) is 0 Å². The van der Waals surface area contributed by atoms with E-state index in [1.807, 2.05) is 42.5 Å². The van der Waals surface area contributed by atoms with E-state index in [0.29, 0.717) is 5.75 Å². The molecule has 1 aliphatic rings. The fraction of sp³-hybridized carbons (Fsp3) is 0.125. The van der Waals surface area contributed by atoms with Crippen molar-refractivity contribution in [3.05, 3.63) is 88.4 Å². The van der Waals surface area contributed by atoms with Crippen LogP contribution in [0.4, 0.5) is 5.95 Å². The molecule has 5 nitrogen and oxygen atoms in total. The number of fused-ring (bicyclic) bond motifs is 3. The Kier molecular flexibility index (Phi) is 4.71. The Morgan fingerprint density at radius 1 is 0.967 bits per heavy atom. The molecule has 4 aromatic rings. The van der Waals surface area contributed by atoms with Crippen LogP contribution in [-0.4, -0.2) is 23.8 Å². The lowest BCUT2D eigenvalue weighted by Crippen LogP contribution is -2.19. The Balaban J connectivity index is 1.77. The molecule has 0 fully saturated rings. The van der Waals surface area contributed by atoms with Crippen LogP contribution in [0.1, 0.15) is 17.2 Å². The lowest BCUT2D eigenvalue weighted by Gasteiger charge is -2.28. The number of benzene rings is 3. The summed E-state index contributed by atoms with van der Waals surface area (Å²) >= 11 is 3.58. The van der Waals surface area contributed by atoms with E-state index in [1.165, 1.54) is 0 Å². The molecule has 0 amide bonds. The number of rotatable bonds is 4. The number of halogens is 1. The van der Waals surface area contributed by atoms with Gasteiger partial charge >= 0.3 is 0 Å². The maximum atomic E-state index is 5.77. The molecule has 2 heterocycles. The van der Waals surface area contributed by atoms with Crippen molar-refractivity contribution >= 4 is 38.6 Å². The zero-order valence-corrected chi connectivity index (χ0v) is 18.2. The van der Waals surface area contributed by atoms with Gasteiger partial charge in [0.25, 0.3) is 0 Å². The van der Waals surface area contributed by atoms with Crippen LogP contribution in [0.3, 0.4) is 0 Å². The van der Waals surface area contributed by atoms with Crippen molar-refractivity contribution in [1.82, 2.24) is 9.55 Å². The van der Waals surface area contributed by atoms with Gasteiger partial charge in [-0.15, -0.1) is 0 Å². The van der Waals surface area contributed by atoms with Gasteiger partial charge in [-0.1, -0.05) is 52.3 Å². The SMILES string of the molecule is COc1cccc([C@H]2C=C(c3cccc(Br)c3)Nc3nc4ccccc4n32)c1OC. The summed E-state index contributed by atoms with van der Waals surface area (Å²) in [7, 11) is 3.33. The molecule has 0 unspecified atom stereocenters. The number of allylic oxidation sites excluding steroid dienone is 1. The maximum Gasteiger partial charge on any atom is 0.209 e. The molecule has 150 valence electrons. The minimum absolute atomic E-state index is 0.118. The van der Waals surface area contributed by atoms with Crippen LogP contribution in [0.5, 0.6) is 11.5 Å². The van der Waals surface area contributed by atoms with Gasteiger partial charge in [-0.25, -0.2) is 4.98 Å². The minimum Gasteiger partial charge on any atom is -0.493 e. The van der Waals surface area contributed by atoms with Crippen LogP contribution in [-0.2, 0) is 0 Å². The first kappa shape index (κ1) is 18.8. The Hall–Kier alpha value is -3.25. The second-order valence-corrected chi connectivity index (χ2v) is 7.95. The molecule has 0 aliphatic carbocycles. The largest absolute Gasteiger partial charge is 0.493 e. The molecule has 1 atom stereocenters. The maximum absolute atomic E-state index is 5.77. The monoisotopic (exact) mass is 461 g/mol. The fourth-order valence-corrected chi connectivity index (χ4v) is 4.41. The molecule has 6 heteroatoms. The summed E-state index contributed by atoms with van der Waals surface area (Å²) in [4.78, 5) is 4.85. The summed E-state index contributed by atoms with van der Waals surface area (Å²) in [5.41, 5.74) is 5.08. The lowest BCUT2D eigenvalue weighted by atomic mass is 9.99. The van der Waals surface area contributed by atoms with Crippen molar-refractivity contribution in [2.75, 3.05) is 19.5 Å². The number of nitrogens with one attached hydrogen (secondary N) is 1. The first-order valence-corrected chi connectivity index (χ1v) is 10.4. The van der Waals surface area contributed by atoms with E-state index < -0.39 is 0 Å². The van der Waals surface area contributed by atoms with Gasteiger partial charge < -0.3 is 14.8 Å². The Morgan fingerprint density at radius 3 is 2.60 bits per heavy atom. The number of hydrogen-bond acceptors (Lipinski definition) is 4. The fourth-order valence-electron chi connectivity index (χ4n) is 4.01. The summed E-state index contributed by atoms with van der Waals surface area (Å²) in [6.45, 7) is 0. The normalized spacial score (nSPS) is 15.3. The van der Waals surface area contributed by atoms with Crippen LogP contribution in [0.25, 0.3) is 16.7 Å². The molecule has 0 radical (unpaired) electrons. The van der Waals surface area contributed by atoms with Gasteiger partial charge in [-0.3, -0.25) is 4.57 Å². The van der Waals surface area contributed by atoms with E-state index in [1.54, 1.807) is 14.2 Å². The van der Waals surface area contributed by atoms with Gasteiger partial charge in [0.05, 0.1) is 31.3 Å². The van der Waals surface area contributed by atoms with Crippen molar-refractivity contribution in [3.63, 3.8) is 0 Å². The zero-order valence-electron chi connectivity index (χ0n) is 16.6. The van der Waals surface area contributed by atoms with E-state index in [0.717, 1.165) is 44.0 Å². The highest BCUT2D eigenvalue weighted by Crippen LogP contribution is 2.42. The van der Waals surface area contributed by atoms with Gasteiger partial charge in [0.2, 0.25) is 5.95 Å². The van der Waals surface area contributed by atoms with Crippen molar-refractivity contribution < 1.29 is 9.47 Å². The van der Waals surface area contributed by atoms with Crippen LogP contribution in [0.2, 0.25) is 0 Å². The van der Waals surface area contributed by atoms with Gasteiger partial charge in [0.15, 0.2) is 11.5 Å². The Morgan fingerprint density at radius 2 is 1.80 bits per heavy atom. The van der Waals surface area contributed by atoms with Gasteiger partial charge in [0, 0.05) is 15.7 Å². The van der Waals surface area contributed by atoms with Crippen molar-refractivity contribution in [2.45, 2.75) is 6.04 Å². The molecule has 1 aliphatic heterocycles. The number of aromatic nitrogens is 2. The number of para-hydroxylation sites is 3. The van der Waals surface area contributed by atoms with Gasteiger partial charge in [0.1, 0.15) is 0 Å². The Bertz CT molecular complexity index is 1280. The van der Waals surface area contributed by atoms with Crippen LogP contribution >= 0.6 is 15.9 Å². The molecule has 3 aromatic carbocycles. The summed E-state index contributed by atoms with van der Waals surface area (Å²) in [5.74, 6) is 2.22. The molecule has 30 heavy (non-hydrogen) atoms. The lowest BCUT2D eigenvalue weighted by molar-refractivity contribution is 0.350. The predicted molar refractivity (Wildman–Crippen MR) is 123 cm³/mol. The number of imidazole rings is 1. The molecule has 0 bridgehead atoms. The second kappa shape index (κ2) is 7.54. The molecular formula is C24H20BrN3O2. The van der Waals surface area contributed by atoms with Crippen molar-refractivity contribution in [1.29, 1.82) is 0 Å². The number of hydrogen-bond donors (Lipinski definition) is 1. The topological polar surface area (TPSA) is 48.3 Å². The minimum atomic E-state index is -0.118.